The van der Waals surface area contributed by atoms with Gasteiger partial charge in [-0.3, -0.25) is 0 Å². The van der Waals surface area contributed by atoms with Crippen LogP contribution in [0.5, 0.6) is 0 Å². The molecule has 0 aliphatic heterocycles. The average molecular weight is 339 g/mol. The number of sulfonamides is 1. The fraction of sp³-hybridized carbons (Fsp3) is 0.400. The highest BCUT2D eigenvalue weighted by atomic mass is 127. The largest absolute Gasteiger partial charge is 0.249 e. The molecule has 0 aliphatic carbocycles. The second kappa shape index (κ2) is 4.39. The molecule has 0 saturated heterocycles. The summed E-state index contributed by atoms with van der Waals surface area (Å²) < 4.78 is 25.1. The summed E-state index contributed by atoms with van der Waals surface area (Å²) in [7, 11) is -3.32. The standard InChI is InChI=1S/C10H14INO2S/c1-10(2,3)8-4-6-9(7-5-8)15(13,14)12-11/h4-7,12H,1-3H3. The first-order chi connectivity index (χ1) is 6.77. The van der Waals surface area contributed by atoms with Crippen LogP contribution in [0.25, 0.3) is 0 Å². The van der Waals surface area contributed by atoms with Crippen molar-refractivity contribution >= 4 is 32.9 Å². The molecule has 15 heavy (non-hydrogen) atoms. The van der Waals surface area contributed by atoms with Gasteiger partial charge in [-0.25, -0.2) is 8.42 Å². The summed E-state index contributed by atoms with van der Waals surface area (Å²) in [6, 6.07) is 6.95. The minimum absolute atomic E-state index is 0.0417. The van der Waals surface area contributed by atoms with Crippen LogP contribution in [0.4, 0.5) is 0 Å². The molecule has 0 unspecified atom stereocenters. The second-order valence-corrected chi connectivity index (χ2v) is 7.31. The van der Waals surface area contributed by atoms with Crippen molar-refractivity contribution < 1.29 is 8.42 Å². The van der Waals surface area contributed by atoms with E-state index in [9.17, 15) is 8.42 Å². The third-order valence-corrected chi connectivity index (χ3v) is 4.97. The Morgan fingerprint density at radius 2 is 1.60 bits per heavy atom. The van der Waals surface area contributed by atoms with Crippen LogP contribution in [0.1, 0.15) is 26.3 Å². The van der Waals surface area contributed by atoms with E-state index in [2.05, 4.69) is 23.7 Å². The molecule has 0 amide bonds. The number of benzene rings is 1. The first-order valence-electron chi connectivity index (χ1n) is 4.50. The quantitative estimate of drug-likeness (QED) is 0.665. The maximum Gasteiger partial charge on any atom is 0.249 e. The van der Waals surface area contributed by atoms with Crippen molar-refractivity contribution in [2.24, 2.45) is 0 Å². The van der Waals surface area contributed by atoms with E-state index in [1.807, 2.05) is 12.1 Å². The van der Waals surface area contributed by atoms with Crippen molar-refractivity contribution in [2.75, 3.05) is 0 Å². The molecule has 0 spiro atoms. The van der Waals surface area contributed by atoms with Crippen LogP contribution < -0.4 is 2.94 Å². The lowest BCUT2D eigenvalue weighted by atomic mass is 9.87. The van der Waals surface area contributed by atoms with Crippen LogP contribution >= 0.6 is 22.9 Å². The van der Waals surface area contributed by atoms with Gasteiger partial charge in [0.25, 0.3) is 0 Å². The Labute approximate surface area is 105 Å². The third-order valence-electron chi connectivity index (χ3n) is 2.13. The Hall–Kier alpha value is -0.140. The molecular weight excluding hydrogens is 325 g/mol. The van der Waals surface area contributed by atoms with Gasteiger partial charge in [-0.1, -0.05) is 32.9 Å². The first kappa shape index (κ1) is 12.9. The number of hydrogen-bond acceptors (Lipinski definition) is 2. The van der Waals surface area contributed by atoms with Crippen molar-refractivity contribution in [3.05, 3.63) is 29.8 Å². The van der Waals surface area contributed by atoms with Gasteiger partial charge in [0.1, 0.15) is 0 Å². The molecule has 5 heteroatoms. The van der Waals surface area contributed by atoms with E-state index in [1.54, 1.807) is 35.0 Å². The lowest BCUT2D eigenvalue weighted by Crippen LogP contribution is -2.14. The molecule has 1 aromatic carbocycles. The van der Waals surface area contributed by atoms with E-state index >= 15 is 0 Å². The summed E-state index contributed by atoms with van der Waals surface area (Å²) in [4.78, 5) is 0.296. The Morgan fingerprint density at radius 1 is 1.13 bits per heavy atom. The van der Waals surface area contributed by atoms with Gasteiger partial charge in [0, 0.05) is 22.9 Å². The highest BCUT2D eigenvalue weighted by Gasteiger charge is 2.16. The zero-order valence-electron chi connectivity index (χ0n) is 8.91. The van der Waals surface area contributed by atoms with Crippen molar-refractivity contribution in [3.8, 4) is 0 Å². The molecule has 0 radical (unpaired) electrons. The molecule has 1 aromatic rings. The highest BCUT2D eigenvalue weighted by Crippen LogP contribution is 2.23. The Morgan fingerprint density at radius 3 is 1.93 bits per heavy atom. The Balaban J connectivity index is 3.12. The fourth-order valence-electron chi connectivity index (χ4n) is 1.18. The van der Waals surface area contributed by atoms with Gasteiger partial charge >= 0.3 is 0 Å². The molecule has 0 aromatic heterocycles. The number of halogens is 1. The summed E-state index contributed by atoms with van der Waals surface area (Å²) >= 11 is 1.62. The maximum absolute atomic E-state index is 11.4. The van der Waals surface area contributed by atoms with Gasteiger partial charge in [-0.05, 0) is 23.1 Å². The minimum atomic E-state index is -3.32. The lowest BCUT2D eigenvalue weighted by molar-refractivity contribution is 0.586. The summed E-state index contributed by atoms with van der Waals surface area (Å²) in [6.07, 6.45) is 0. The van der Waals surface area contributed by atoms with Crippen LogP contribution in [0, 0.1) is 0 Å². The summed E-state index contributed by atoms with van der Waals surface area (Å²) in [6.45, 7) is 6.27. The molecule has 0 bridgehead atoms. The van der Waals surface area contributed by atoms with Gasteiger partial charge < -0.3 is 0 Å². The van der Waals surface area contributed by atoms with Crippen molar-refractivity contribution in [2.45, 2.75) is 31.1 Å². The smallest absolute Gasteiger partial charge is 0.206 e. The van der Waals surface area contributed by atoms with Gasteiger partial charge in [-0.2, -0.15) is 2.94 Å². The highest BCUT2D eigenvalue weighted by molar-refractivity contribution is 14.1. The molecular formula is C10H14INO2S. The second-order valence-electron chi connectivity index (χ2n) is 4.35. The molecule has 3 nitrogen and oxygen atoms in total. The average Bonchev–Trinajstić information content (AvgIpc) is 2.17. The molecule has 1 N–H and O–H groups in total. The van der Waals surface area contributed by atoms with E-state index in [0.717, 1.165) is 5.56 Å². The fourth-order valence-corrected chi connectivity index (χ4v) is 2.52. The van der Waals surface area contributed by atoms with Gasteiger partial charge in [-0.15, -0.1) is 0 Å². The molecule has 0 saturated carbocycles. The Bertz CT molecular complexity index is 431. The van der Waals surface area contributed by atoms with Gasteiger partial charge in [0.2, 0.25) is 10.0 Å². The molecule has 0 atom stereocenters. The third kappa shape index (κ3) is 3.15. The molecule has 84 valence electrons. The number of rotatable bonds is 2. The monoisotopic (exact) mass is 339 g/mol. The number of nitrogens with one attached hydrogen (secondary N) is 1. The number of hydrogen-bond donors (Lipinski definition) is 1. The van der Waals surface area contributed by atoms with E-state index in [-0.39, 0.29) is 5.41 Å². The normalized spacial score (nSPS) is 12.8. The van der Waals surface area contributed by atoms with Gasteiger partial charge in [0.05, 0.1) is 4.90 Å². The van der Waals surface area contributed by atoms with E-state index in [0.29, 0.717) is 4.90 Å². The van der Waals surface area contributed by atoms with E-state index < -0.39 is 10.0 Å². The van der Waals surface area contributed by atoms with Crippen molar-refractivity contribution in [3.63, 3.8) is 0 Å². The lowest BCUT2D eigenvalue weighted by Gasteiger charge is -2.18. The summed E-state index contributed by atoms with van der Waals surface area (Å²) in [5, 5.41) is 0. The molecule has 1 rings (SSSR count). The van der Waals surface area contributed by atoms with Crippen LogP contribution in [0.15, 0.2) is 29.2 Å². The van der Waals surface area contributed by atoms with Crippen LogP contribution in [-0.4, -0.2) is 8.42 Å². The van der Waals surface area contributed by atoms with Crippen LogP contribution in [-0.2, 0) is 15.4 Å². The van der Waals surface area contributed by atoms with Crippen molar-refractivity contribution in [1.82, 2.24) is 2.94 Å². The van der Waals surface area contributed by atoms with Crippen LogP contribution in [0.2, 0.25) is 0 Å². The zero-order chi connectivity index (χ0) is 11.7. The van der Waals surface area contributed by atoms with Gasteiger partial charge in [0.15, 0.2) is 0 Å². The minimum Gasteiger partial charge on any atom is -0.206 e. The predicted octanol–water partition coefficient (Wildman–Crippen LogP) is 2.61. The topological polar surface area (TPSA) is 46.2 Å². The van der Waals surface area contributed by atoms with E-state index in [1.165, 1.54) is 0 Å². The Kier molecular flexibility index (Phi) is 3.78. The first-order valence-corrected chi connectivity index (χ1v) is 7.06. The predicted molar refractivity (Wildman–Crippen MR) is 69.5 cm³/mol. The summed E-state index contributed by atoms with van der Waals surface area (Å²) in [5.41, 5.74) is 1.16. The molecule has 0 fully saturated rings. The maximum atomic E-state index is 11.4. The molecule has 0 heterocycles. The summed E-state index contributed by atoms with van der Waals surface area (Å²) in [5.74, 6) is 0. The SMILES string of the molecule is CC(C)(C)c1ccc(S(=O)(=O)NI)cc1. The van der Waals surface area contributed by atoms with Crippen LogP contribution in [0.3, 0.4) is 0 Å². The zero-order valence-corrected chi connectivity index (χ0v) is 11.9. The van der Waals surface area contributed by atoms with E-state index in [4.69, 9.17) is 0 Å². The van der Waals surface area contributed by atoms with Crippen molar-refractivity contribution in [1.29, 1.82) is 0 Å². The molecule has 0 aliphatic rings.